The molecule has 1 aromatic rings. The minimum Gasteiger partial charge on any atom is -0.329 e. The standard InChI is InChI=1S/C30H54O3S.2C2H8N2/c1-3-5-7-9-11-13-15-17-19-21-24-28-25-23-27-30(34(31,32)33)29(28)26-22-20-18-16-14-12-10-8-6-4-2;2*3-1-2-4/h23,25,27H,3-22,24,26H2,1-2H3,(H,31,32,33);2*1-4H2. The minimum atomic E-state index is -4.17. The molecule has 0 unspecified atom stereocenters. The van der Waals surface area contributed by atoms with Crippen molar-refractivity contribution in [3.8, 4) is 0 Å². The van der Waals surface area contributed by atoms with Crippen molar-refractivity contribution >= 4 is 10.1 Å². The van der Waals surface area contributed by atoms with Crippen molar-refractivity contribution < 1.29 is 13.0 Å². The third-order valence-electron chi connectivity index (χ3n) is 7.42. The molecule has 0 aromatic heterocycles. The van der Waals surface area contributed by atoms with Crippen LogP contribution in [0, 0.1) is 0 Å². The van der Waals surface area contributed by atoms with Gasteiger partial charge in [0, 0.05) is 26.2 Å². The first-order chi connectivity index (χ1) is 20.3. The fraction of sp³-hybridized carbons (Fsp3) is 0.824. The average molecular weight is 615 g/mol. The number of rotatable bonds is 25. The van der Waals surface area contributed by atoms with Crippen LogP contribution < -0.4 is 22.9 Å². The van der Waals surface area contributed by atoms with E-state index in [4.69, 9.17) is 22.9 Å². The summed E-state index contributed by atoms with van der Waals surface area (Å²) in [6, 6.07) is 5.42. The number of unbranched alkanes of at least 4 members (excludes halogenated alkanes) is 18. The second kappa shape index (κ2) is 32.9. The van der Waals surface area contributed by atoms with Gasteiger partial charge in [0.25, 0.3) is 10.1 Å². The van der Waals surface area contributed by atoms with Crippen LogP contribution >= 0.6 is 0 Å². The van der Waals surface area contributed by atoms with Gasteiger partial charge in [-0.25, -0.2) is 0 Å². The summed E-state index contributed by atoms with van der Waals surface area (Å²) in [5.41, 5.74) is 21.6. The molecule has 1 rings (SSSR count). The fourth-order valence-corrected chi connectivity index (χ4v) is 5.76. The van der Waals surface area contributed by atoms with E-state index in [1.54, 1.807) is 12.1 Å². The Hall–Kier alpha value is -1.03. The maximum Gasteiger partial charge on any atom is 0.294 e. The van der Waals surface area contributed by atoms with Crippen molar-refractivity contribution in [1.29, 1.82) is 0 Å². The Labute approximate surface area is 261 Å². The van der Waals surface area contributed by atoms with E-state index in [1.165, 1.54) is 109 Å². The van der Waals surface area contributed by atoms with E-state index in [1.807, 2.05) is 0 Å². The molecular weight excluding hydrogens is 544 g/mol. The van der Waals surface area contributed by atoms with Gasteiger partial charge < -0.3 is 22.9 Å². The van der Waals surface area contributed by atoms with Crippen LogP contribution in [0.4, 0.5) is 0 Å². The average Bonchev–Trinajstić information content (AvgIpc) is 2.99. The van der Waals surface area contributed by atoms with Crippen LogP contribution in [0.1, 0.15) is 153 Å². The zero-order valence-corrected chi connectivity index (χ0v) is 28.4. The Balaban J connectivity index is 0. The molecule has 0 saturated heterocycles. The molecule has 0 bridgehead atoms. The van der Waals surface area contributed by atoms with Crippen molar-refractivity contribution in [1.82, 2.24) is 0 Å². The largest absolute Gasteiger partial charge is 0.329 e. The summed E-state index contributed by atoms with van der Waals surface area (Å²) in [5, 5.41) is 0. The van der Waals surface area contributed by atoms with Crippen LogP contribution in [0.25, 0.3) is 0 Å². The van der Waals surface area contributed by atoms with Gasteiger partial charge in [0.05, 0.1) is 4.90 Å². The normalized spacial score (nSPS) is 11.0. The Kier molecular flexibility index (Phi) is 33.7. The summed E-state index contributed by atoms with van der Waals surface area (Å²) in [4.78, 5) is 0.132. The highest BCUT2D eigenvalue weighted by Gasteiger charge is 2.17. The van der Waals surface area contributed by atoms with Gasteiger partial charge in [0.1, 0.15) is 0 Å². The Bertz CT molecular complexity index is 783. The highest BCUT2D eigenvalue weighted by molar-refractivity contribution is 7.85. The number of hydrogen-bond acceptors (Lipinski definition) is 6. The molecule has 0 fully saturated rings. The second-order valence-corrected chi connectivity index (χ2v) is 12.8. The molecular formula is C34H70N4O3S. The summed E-state index contributed by atoms with van der Waals surface area (Å²) in [7, 11) is -4.17. The number of hydrogen-bond donors (Lipinski definition) is 5. The topological polar surface area (TPSA) is 158 Å². The van der Waals surface area contributed by atoms with E-state index >= 15 is 0 Å². The van der Waals surface area contributed by atoms with Gasteiger partial charge in [-0.1, -0.05) is 142 Å². The molecule has 8 heteroatoms. The lowest BCUT2D eigenvalue weighted by molar-refractivity contribution is 0.481. The van der Waals surface area contributed by atoms with Gasteiger partial charge in [-0.05, 0) is 42.9 Å². The zero-order valence-electron chi connectivity index (χ0n) is 27.6. The molecule has 7 nitrogen and oxygen atoms in total. The molecule has 0 spiro atoms. The summed E-state index contributed by atoms with van der Waals surface area (Å²) in [6.45, 7) is 6.90. The van der Waals surface area contributed by atoms with E-state index in [9.17, 15) is 13.0 Å². The molecule has 0 aliphatic heterocycles. The SMILES string of the molecule is CCCCCCCCCCCCc1cccc(S(=O)(=O)O)c1CCCCCCCCCCCC.NCCN.NCCN. The van der Waals surface area contributed by atoms with E-state index in [0.29, 0.717) is 26.2 Å². The molecule has 0 radical (unpaired) electrons. The lowest BCUT2D eigenvalue weighted by Gasteiger charge is -2.14. The molecule has 0 amide bonds. The molecule has 42 heavy (non-hydrogen) atoms. The second-order valence-electron chi connectivity index (χ2n) is 11.4. The monoisotopic (exact) mass is 615 g/mol. The highest BCUT2D eigenvalue weighted by Crippen LogP contribution is 2.25. The zero-order chi connectivity index (χ0) is 31.7. The van der Waals surface area contributed by atoms with Crippen molar-refractivity contribution in [2.45, 2.75) is 160 Å². The third-order valence-corrected chi connectivity index (χ3v) is 8.36. The van der Waals surface area contributed by atoms with Gasteiger partial charge in [0.15, 0.2) is 0 Å². The first-order valence-corrected chi connectivity index (χ1v) is 18.7. The van der Waals surface area contributed by atoms with E-state index in [-0.39, 0.29) is 4.90 Å². The van der Waals surface area contributed by atoms with Crippen molar-refractivity contribution in [3.63, 3.8) is 0 Å². The van der Waals surface area contributed by atoms with Crippen molar-refractivity contribution in [2.24, 2.45) is 22.9 Å². The van der Waals surface area contributed by atoms with Gasteiger partial charge >= 0.3 is 0 Å². The Morgan fingerprint density at radius 1 is 0.524 bits per heavy atom. The molecule has 0 aliphatic rings. The molecule has 0 heterocycles. The fourth-order valence-electron chi connectivity index (χ4n) is 4.96. The summed E-state index contributed by atoms with van der Waals surface area (Å²) in [6.07, 6.45) is 27.3. The lowest BCUT2D eigenvalue weighted by Crippen LogP contribution is -2.11. The maximum absolute atomic E-state index is 12.0. The van der Waals surface area contributed by atoms with Gasteiger partial charge in [-0.3, -0.25) is 4.55 Å². The van der Waals surface area contributed by atoms with E-state index in [2.05, 4.69) is 19.9 Å². The highest BCUT2D eigenvalue weighted by atomic mass is 32.2. The predicted molar refractivity (Wildman–Crippen MR) is 184 cm³/mol. The van der Waals surface area contributed by atoms with Crippen LogP contribution in [0.3, 0.4) is 0 Å². The van der Waals surface area contributed by atoms with E-state index in [0.717, 1.165) is 43.2 Å². The smallest absolute Gasteiger partial charge is 0.294 e. The molecule has 1 aromatic carbocycles. The first kappa shape index (κ1) is 43.1. The predicted octanol–water partition coefficient (Wildman–Crippen LogP) is 7.67. The number of aryl methyl sites for hydroxylation is 1. The van der Waals surface area contributed by atoms with Crippen molar-refractivity contribution in [3.05, 3.63) is 29.3 Å². The number of nitrogens with two attached hydrogens (primary N) is 4. The van der Waals surface area contributed by atoms with E-state index < -0.39 is 10.1 Å². The molecule has 250 valence electrons. The van der Waals surface area contributed by atoms with Gasteiger partial charge in [0.2, 0.25) is 0 Å². The Morgan fingerprint density at radius 3 is 1.19 bits per heavy atom. The summed E-state index contributed by atoms with van der Waals surface area (Å²) < 4.78 is 33.7. The lowest BCUT2D eigenvalue weighted by atomic mass is 9.96. The molecule has 9 N–H and O–H groups in total. The van der Waals surface area contributed by atoms with Crippen LogP contribution in [0.5, 0.6) is 0 Å². The quantitative estimate of drug-likeness (QED) is 0.0558. The molecule has 0 saturated carbocycles. The van der Waals surface area contributed by atoms with Crippen molar-refractivity contribution in [2.75, 3.05) is 26.2 Å². The Morgan fingerprint density at radius 2 is 0.857 bits per heavy atom. The minimum absolute atomic E-state index is 0.132. The van der Waals surface area contributed by atoms with Crippen LogP contribution in [-0.4, -0.2) is 39.1 Å². The van der Waals surface area contributed by atoms with Gasteiger partial charge in [-0.2, -0.15) is 8.42 Å². The first-order valence-electron chi connectivity index (χ1n) is 17.2. The summed E-state index contributed by atoms with van der Waals surface area (Å²) in [5.74, 6) is 0. The summed E-state index contributed by atoms with van der Waals surface area (Å²) >= 11 is 0. The van der Waals surface area contributed by atoms with Gasteiger partial charge in [-0.15, -0.1) is 0 Å². The number of benzene rings is 1. The van der Waals surface area contributed by atoms with Crippen LogP contribution in [-0.2, 0) is 23.0 Å². The van der Waals surface area contributed by atoms with Crippen LogP contribution in [0.2, 0.25) is 0 Å². The van der Waals surface area contributed by atoms with Crippen LogP contribution in [0.15, 0.2) is 23.1 Å². The molecule has 0 aliphatic carbocycles. The maximum atomic E-state index is 12.0. The third kappa shape index (κ3) is 27.8. The molecule has 0 atom stereocenters.